The monoisotopic (exact) mass is 91.1 g/mol. The van der Waals surface area contributed by atoms with Gasteiger partial charge in [-0.25, -0.2) is 0 Å². The molecule has 0 saturated carbocycles. The van der Waals surface area contributed by atoms with Gasteiger partial charge in [-0.1, -0.05) is 0 Å². The number of rotatable bonds is 2. The highest BCUT2D eigenvalue weighted by Crippen LogP contribution is 1.68. The third kappa shape index (κ3) is 2.14. The minimum absolute atomic E-state index is 0.815. The van der Waals surface area contributed by atoms with E-state index in [4.69, 9.17) is 5.11 Å². The Balaban J connectivity index is 2.75. The molecule has 0 amide bonds. The van der Waals surface area contributed by atoms with Crippen molar-refractivity contribution >= 4 is 0 Å². The molecule has 0 saturated heterocycles. The first-order chi connectivity index (χ1) is 2.81. The number of methoxy groups -OCH3 is 1. The molecule has 0 aromatic rings. The Labute approximate surface area is 36.9 Å². The molecule has 1 atom stereocenters. The van der Waals surface area contributed by atoms with Crippen LogP contribution in [0, 0.1) is 0 Å². The summed E-state index contributed by atoms with van der Waals surface area (Å²) in [5.74, 6) is 0. The standard InChI is InChI=1S/C3H9NO2/c1-4-3(5)6-2/h3-5H,1-2H3. The Kier molecular flexibility index (Phi) is 3.02. The molecule has 0 heterocycles. The van der Waals surface area contributed by atoms with Crippen LogP contribution in [0.4, 0.5) is 0 Å². The molecule has 0 aliphatic rings. The van der Waals surface area contributed by atoms with E-state index in [-0.39, 0.29) is 0 Å². The highest BCUT2D eigenvalue weighted by atomic mass is 16.6. The highest BCUT2D eigenvalue weighted by Gasteiger charge is 1.88. The molecule has 0 aliphatic heterocycles. The second-order valence-electron chi connectivity index (χ2n) is 0.877. The largest absolute Gasteiger partial charge is 0.356 e. The molecule has 0 aromatic carbocycles. The summed E-state index contributed by atoms with van der Waals surface area (Å²) in [4.78, 5) is 0. The maximum Gasteiger partial charge on any atom is 0.212 e. The average molecular weight is 91.1 g/mol. The van der Waals surface area contributed by atoms with E-state index in [9.17, 15) is 0 Å². The van der Waals surface area contributed by atoms with Crippen molar-refractivity contribution in [3.05, 3.63) is 0 Å². The van der Waals surface area contributed by atoms with Crippen LogP contribution < -0.4 is 5.32 Å². The first kappa shape index (κ1) is 5.88. The van der Waals surface area contributed by atoms with Crippen molar-refractivity contribution < 1.29 is 9.84 Å². The summed E-state index contributed by atoms with van der Waals surface area (Å²) in [6.45, 7) is 0. The molecule has 1 unspecified atom stereocenters. The Morgan fingerprint density at radius 3 is 2.33 bits per heavy atom. The summed E-state index contributed by atoms with van der Waals surface area (Å²) < 4.78 is 4.34. The molecular formula is C3H9NO2. The third-order valence-corrected chi connectivity index (χ3v) is 0.470. The molecule has 0 bridgehead atoms. The van der Waals surface area contributed by atoms with Gasteiger partial charge in [0.25, 0.3) is 0 Å². The first-order valence-corrected chi connectivity index (χ1v) is 1.69. The van der Waals surface area contributed by atoms with Crippen LogP contribution in [0.5, 0.6) is 0 Å². The molecule has 0 aliphatic carbocycles. The van der Waals surface area contributed by atoms with Gasteiger partial charge < -0.3 is 9.84 Å². The fourth-order valence-electron chi connectivity index (χ4n) is 0.118. The van der Waals surface area contributed by atoms with Gasteiger partial charge in [0, 0.05) is 7.11 Å². The lowest BCUT2D eigenvalue weighted by Gasteiger charge is -2.02. The van der Waals surface area contributed by atoms with E-state index in [2.05, 4.69) is 10.1 Å². The number of ether oxygens (including phenoxy) is 1. The van der Waals surface area contributed by atoms with Crippen LogP contribution in [-0.2, 0) is 4.74 Å². The zero-order valence-corrected chi connectivity index (χ0v) is 3.93. The Hall–Kier alpha value is -0.120. The molecule has 0 aromatic heterocycles. The van der Waals surface area contributed by atoms with Crippen molar-refractivity contribution in [2.45, 2.75) is 6.41 Å². The third-order valence-electron chi connectivity index (χ3n) is 0.470. The molecular weight excluding hydrogens is 82.0 g/mol. The fraction of sp³-hybridized carbons (Fsp3) is 1.00. The van der Waals surface area contributed by atoms with Gasteiger partial charge in [0.1, 0.15) is 0 Å². The lowest BCUT2D eigenvalue weighted by Crippen LogP contribution is -2.25. The zero-order chi connectivity index (χ0) is 4.99. The van der Waals surface area contributed by atoms with Crippen LogP contribution >= 0.6 is 0 Å². The summed E-state index contributed by atoms with van der Waals surface area (Å²) in [6, 6.07) is 0. The summed E-state index contributed by atoms with van der Waals surface area (Å²) >= 11 is 0. The van der Waals surface area contributed by atoms with E-state index in [1.165, 1.54) is 7.11 Å². The van der Waals surface area contributed by atoms with Crippen molar-refractivity contribution in [2.24, 2.45) is 0 Å². The lowest BCUT2D eigenvalue weighted by atomic mass is 11.0. The Morgan fingerprint density at radius 1 is 1.83 bits per heavy atom. The number of hydrogen-bond donors (Lipinski definition) is 2. The number of hydrogen-bond acceptors (Lipinski definition) is 3. The summed E-state index contributed by atoms with van der Waals surface area (Å²) in [7, 11) is 3.02. The molecule has 2 N–H and O–H groups in total. The van der Waals surface area contributed by atoms with Gasteiger partial charge in [0.2, 0.25) is 6.41 Å². The predicted octanol–water partition coefficient (Wildman–Crippen LogP) is -0.872. The van der Waals surface area contributed by atoms with Crippen LogP contribution in [0.3, 0.4) is 0 Å². The van der Waals surface area contributed by atoms with Gasteiger partial charge in [-0.15, -0.1) is 0 Å². The molecule has 0 spiro atoms. The van der Waals surface area contributed by atoms with E-state index >= 15 is 0 Å². The van der Waals surface area contributed by atoms with E-state index in [1.807, 2.05) is 0 Å². The van der Waals surface area contributed by atoms with Crippen molar-refractivity contribution in [3.63, 3.8) is 0 Å². The van der Waals surface area contributed by atoms with E-state index in [1.54, 1.807) is 7.05 Å². The van der Waals surface area contributed by atoms with Crippen LogP contribution in [0.2, 0.25) is 0 Å². The van der Waals surface area contributed by atoms with Crippen molar-refractivity contribution in [1.29, 1.82) is 0 Å². The molecule has 38 valence electrons. The van der Waals surface area contributed by atoms with Crippen molar-refractivity contribution in [3.8, 4) is 0 Å². The second-order valence-corrected chi connectivity index (χ2v) is 0.877. The van der Waals surface area contributed by atoms with Crippen LogP contribution in [0.1, 0.15) is 0 Å². The number of aliphatic hydroxyl groups excluding tert-OH is 1. The predicted molar refractivity (Wildman–Crippen MR) is 22.1 cm³/mol. The average Bonchev–Trinajstić information content (AvgIpc) is 1.65. The maximum absolute atomic E-state index is 8.33. The van der Waals surface area contributed by atoms with E-state index in [0.29, 0.717) is 0 Å². The van der Waals surface area contributed by atoms with Gasteiger partial charge in [0.05, 0.1) is 0 Å². The SMILES string of the molecule is CNC(O)OC. The molecule has 0 fully saturated rings. The van der Waals surface area contributed by atoms with Gasteiger partial charge >= 0.3 is 0 Å². The van der Waals surface area contributed by atoms with E-state index < -0.39 is 6.41 Å². The van der Waals surface area contributed by atoms with Crippen molar-refractivity contribution in [1.82, 2.24) is 5.32 Å². The quantitative estimate of drug-likeness (QED) is 0.434. The fourth-order valence-corrected chi connectivity index (χ4v) is 0.118. The topological polar surface area (TPSA) is 41.5 Å². The first-order valence-electron chi connectivity index (χ1n) is 1.69. The zero-order valence-electron chi connectivity index (χ0n) is 3.93. The maximum atomic E-state index is 8.33. The number of nitrogens with one attached hydrogen (secondary N) is 1. The van der Waals surface area contributed by atoms with Gasteiger partial charge in [-0.05, 0) is 7.05 Å². The lowest BCUT2D eigenvalue weighted by molar-refractivity contribution is -0.0917. The van der Waals surface area contributed by atoms with Crippen molar-refractivity contribution in [2.75, 3.05) is 14.2 Å². The molecule has 3 heteroatoms. The minimum Gasteiger partial charge on any atom is -0.356 e. The van der Waals surface area contributed by atoms with E-state index in [0.717, 1.165) is 0 Å². The Bertz CT molecular complexity index is 28.0. The summed E-state index contributed by atoms with van der Waals surface area (Å²) in [5, 5.41) is 10.8. The second kappa shape index (κ2) is 3.08. The van der Waals surface area contributed by atoms with Gasteiger partial charge in [0.15, 0.2) is 0 Å². The molecule has 0 radical (unpaired) electrons. The normalized spacial score (nSPS) is 14.5. The summed E-state index contributed by atoms with van der Waals surface area (Å²) in [6.07, 6.45) is -0.815. The minimum atomic E-state index is -0.815. The van der Waals surface area contributed by atoms with Crippen LogP contribution in [0.15, 0.2) is 0 Å². The van der Waals surface area contributed by atoms with Crippen LogP contribution in [0.25, 0.3) is 0 Å². The number of aliphatic hydroxyl groups is 1. The molecule has 6 heavy (non-hydrogen) atoms. The molecule has 3 nitrogen and oxygen atoms in total. The molecule has 0 rings (SSSR count). The van der Waals surface area contributed by atoms with Gasteiger partial charge in [-0.2, -0.15) is 0 Å². The van der Waals surface area contributed by atoms with Gasteiger partial charge in [-0.3, -0.25) is 5.32 Å². The summed E-state index contributed by atoms with van der Waals surface area (Å²) in [5.41, 5.74) is 0. The highest BCUT2D eigenvalue weighted by molar-refractivity contribution is 4.20. The smallest absolute Gasteiger partial charge is 0.212 e. The Morgan fingerprint density at radius 2 is 2.33 bits per heavy atom. The van der Waals surface area contributed by atoms with Crippen LogP contribution in [-0.4, -0.2) is 25.7 Å².